The average molecular weight is 327 g/mol. The van der Waals surface area contributed by atoms with E-state index in [-0.39, 0.29) is 17.4 Å². The zero-order valence-corrected chi connectivity index (χ0v) is 12.0. The predicted octanol–water partition coefficient (Wildman–Crippen LogP) is 3.66. The Kier molecular flexibility index (Phi) is 3.76. The van der Waals surface area contributed by atoms with E-state index in [9.17, 15) is 8.78 Å². The third-order valence-electron chi connectivity index (χ3n) is 2.90. The molecule has 6 nitrogen and oxygen atoms in total. The molecular formula is C13H9ClF2N4O2. The first-order valence-electron chi connectivity index (χ1n) is 6.10. The van der Waals surface area contributed by atoms with Crippen molar-refractivity contribution in [3.8, 4) is 28.7 Å². The zero-order valence-electron chi connectivity index (χ0n) is 11.2. The van der Waals surface area contributed by atoms with Gasteiger partial charge in [-0.15, -0.1) is 0 Å². The highest BCUT2D eigenvalue weighted by Gasteiger charge is 2.20. The lowest BCUT2D eigenvalue weighted by atomic mass is 10.2. The molecule has 0 aliphatic heterocycles. The Bertz CT molecular complexity index is 803. The quantitative estimate of drug-likeness (QED) is 0.732. The molecule has 0 bridgehead atoms. The molecule has 0 saturated carbocycles. The molecule has 0 aliphatic carbocycles. The molecule has 0 fully saturated rings. The largest absolute Gasteiger partial charge is 0.496 e. The molecule has 0 aliphatic rings. The third kappa shape index (κ3) is 2.52. The van der Waals surface area contributed by atoms with E-state index >= 15 is 0 Å². The maximum absolute atomic E-state index is 12.8. The fraction of sp³-hybridized carbons (Fsp3) is 0.154. The Morgan fingerprint density at radius 2 is 2.14 bits per heavy atom. The van der Waals surface area contributed by atoms with Crippen LogP contribution in [0.1, 0.15) is 6.55 Å². The van der Waals surface area contributed by atoms with Gasteiger partial charge >= 0.3 is 6.55 Å². The van der Waals surface area contributed by atoms with Gasteiger partial charge in [0.05, 0.1) is 12.7 Å². The molecular weight excluding hydrogens is 318 g/mol. The van der Waals surface area contributed by atoms with Crippen molar-refractivity contribution >= 4 is 11.6 Å². The third-order valence-corrected chi connectivity index (χ3v) is 3.14. The first-order valence-corrected chi connectivity index (χ1v) is 6.47. The van der Waals surface area contributed by atoms with Crippen molar-refractivity contribution in [2.45, 2.75) is 6.55 Å². The molecule has 0 unspecified atom stereocenters. The summed E-state index contributed by atoms with van der Waals surface area (Å²) in [4.78, 5) is 4.11. The molecule has 0 atom stereocenters. The Balaban J connectivity index is 2.04. The summed E-state index contributed by atoms with van der Waals surface area (Å²) < 4.78 is 36.4. The molecule has 0 N–H and O–H groups in total. The van der Waals surface area contributed by atoms with Gasteiger partial charge in [-0.25, -0.2) is 0 Å². The van der Waals surface area contributed by atoms with E-state index in [4.69, 9.17) is 20.9 Å². The van der Waals surface area contributed by atoms with Crippen LogP contribution in [0.15, 0.2) is 35.0 Å². The SMILES string of the molecule is COc1ccc(Cl)cc1-c1noc(-c2ccnn2C(F)F)n1. The van der Waals surface area contributed by atoms with Crippen LogP contribution in [0.25, 0.3) is 23.0 Å². The van der Waals surface area contributed by atoms with Gasteiger partial charge in [-0.2, -0.15) is 23.5 Å². The summed E-state index contributed by atoms with van der Waals surface area (Å²) in [6.45, 7) is -2.80. The molecule has 114 valence electrons. The summed E-state index contributed by atoms with van der Waals surface area (Å²) in [5.41, 5.74) is 0.517. The zero-order chi connectivity index (χ0) is 15.7. The van der Waals surface area contributed by atoms with Gasteiger partial charge in [-0.05, 0) is 24.3 Å². The lowest BCUT2D eigenvalue weighted by molar-refractivity contribution is 0.0579. The van der Waals surface area contributed by atoms with Gasteiger partial charge in [-0.3, -0.25) is 0 Å². The minimum atomic E-state index is -2.80. The van der Waals surface area contributed by atoms with Crippen LogP contribution in [0.4, 0.5) is 8.78 Å². The van der Waals surface area contributed by atoms with Gasteiger partial charge in [0.2, 0.25) is 5.82 Å². The van der Waals surface area contributed by atoms with E-state index in [1.807, 2.05) is 0 Å². The van der Waals surface area contributed by atoms with Gasteiger partial charge in [0, 0.05) is 11.2 Å². The topological polar surface area (TPSA) is 66.0 Å². The normalized spacial score (nSPS) is 11.1. The number of methoxy groups -OCH3 is 1. The Labute approximate surface area is 128 Å². The van der Waals surface area contributed by atoms with Crippen LogP contribution < -0.4 is 4.74 Å². The van der Waals surface area contributed by atoms with Crippen molar-refractivity contribution in [1.29, 1.82) is 0 Å². The summed E-state index contributed by atoms with van der Waals surface area (Å²) in [5.74, 6) is 0.588. The van der Waals surface area contributed by atoms with Crippen LogP contribution >= 0.6 is 11.6 Å². The van der Waals surface area contributed by atoms with Crippen molar-refractivity contribution in [1.82, 2.24) is 19.9 Å². The number of aromatic nitrogens is 4. The van der Waals surface area contributed by atoms with E-state index in [0.29, 0.717) is 21.0 Å². The standard InChI is InChI=1S/C13H9ClF2N4O2/c1-21-10-3-2-7(14)6-8(10)11-18-12(22-19-11)9-4-5-17-20(9)13(15)16/h2-6,13H,1H3. The summed E-state index contributed by atoms with van der Waals surface area (Å²) in [7, 11) is 1.49. The minimum Gasteiger partial charge on any atom is -0.496 e. The van der Waals surface area contributed by atoms with E-state index in [0.717, 1.165) is 0 Å². The van der Waals surface area contributed by atoms with Crippen molar-refractivity contribution in [3.05, 3.63) is 35.5 Å². The van der Waals surface area contributed by atoms with Crippen LogP contribution in [0, 0.1) is 0 Å². The van der Waals surface area contributed by atoms with Crippen LogP contribution in [0.2, 0.25) is 5.02 Å². The van der Waals surface area contributed by atoms with Crippen molar-refractivity contribution in [3.63, 3.8) is 0 Å². The number of nitrogens with zero attached hydrogens (tertiary/aromatic N) is 4. The van der Waals surface area contributed by atoms with Crippen molar-refractivity contribution in [2.75, 3.05) is 7.11 Å². The maximum Gasteiger partial charge on any atom is 0.333 e. The van der Waals surface area contributed by atoms with E-state index < -0.39 is 6.55 Å². The molecule has 2 heterocycles. The molecule has 3 rings (SSSR count). The van der Waals surface area contributed by atoms with Crippen molar-refractivity contribution < 1.29 is 18.0 Å². The number of alkyl halides is 2. The van der Waals surface area contributed by atoms with Crippen LogP contribution in [0.5, 0.6) is 5.75 Å². The second-order valence-corrected chi connectivity index (χ2v) is 4.64. The highest BCUT2D eigenvalue weighted by molar-refractivity contribution is 6.30. The monoisotopic (exact) mass is 326 g/mol. The molecule has 22 heavy (non-hydrogen) atoms. The second kappa shape index (κ2) is 5.72. The molecule has 0 amide bonds. The van der Waals surface area contributed by atoms with Crippen LogP contribution in [-0.4, -0.2) is 27.0 Å². The van der Waals surface area contributed by atoms with Gasteiger partial charge in [-0.1, -0.05) is 16.8 Å². The fourth-order valence-corrected chi connectivity index (χ4v) is 2.10. The summed E-state index contributed by atoms with van der Waals surface area (Å²) >= 11 is 5.94. The smallest absolute Gasteiger partial charge is 0.333 e. The molecule has 0 spiro atoms. The number of halogens is 3. The first kappa shape index (κ1) is 14.5. The molecule has 1 aromatic carbocycles. The van der Waals surface area contributed by atoms with E-state index in [1.165, 1.54) is 19.4 Å². The summed E-state index contributed by atoms with van der Waals surface area (Å²) in [6.07, 6.45) is 1.23. The molecule has 2 aromatic heterocycles. The lowest BCUT2D eigenvalue weighted by Crippen LogP contribution is -2.02. The number of ether oxygens (including phenoxy) is 1. The predicted molar refractivity (Wildman–Crippen MR) is 73.8 cm³/mol. The van der Waals surface area contributed by atoms with Gasteiger partial charge in [0.15, 0.2) is 0 Å². The van der Waals surface area contributed by atoms with Crippen LogP contribution in [0.3, 0.4) is 0 Å². The Hall–Kier alpha value is -2.48. The highest BCUT2D eigenvalue weighted by Crippen LogP contribution is 2.32. The first-order chi connectivity index (χ1) is 10.6. The number of hydrogen-bond donors (Lipinski definition) is 0. The van der Waals surface area contributed by atoms with E-state index in [1.54, 1.807) is 18.2 Å². The molecule has 0 radical (unpaired) electrons. The number of hydrogen-bond acceptors (Lipinski definition) is 5. The number of benzene rings is 1. The molecule has 9 heteroatoms. The Morgan fingerprint density at radius 3 is 2.86 bits per heavy atom. The highest BCUT2D eigenvalue weighted by atomic mass is 35.5. The van der Waals surface area contributed by atoms with E-state index in [2.05, 4.69) is 15.2 Å². The van der Waals surface area contributed by atoms with Crippen LogP contribution in [-0.2, 0) is 0 Å². The fourth-order valence-electron chi connectivity index (χ4n) is 1.93. The van der Waals surface area contributed by atoms with Gasteiger partial charge < -0.3 is 9.26 Å². The summed E-state index contributed by atoms with van der Waals surface area (Å²) in [6, 6.07) is 6.26. The minimum absolute atomic E-state index is 0.0229. The molecule has 3 aromatic rings. The van der Waals surface area contributed by atoms with Crippen molar-refractivity contribution in [2.24, 2.45) is 0 Å². The molecule has 0 saturated heterocycles. The average Bonchev–Trinajstić information content (AvgIpc) is 3.15. The summed E-state index contributed by atoms with van der Waals surface area (Å²) in [5, 5.41) is 7.75. The second-order valence-electron chi connectivity index (χ2n) is 4.21. The lowest BCUT2D eigenvalue weighted by Gasteiger charge is -2.04. The maximum atomic E-state index is 12.8. The van der Waals surface area contributed by atoms with Gasteiger partial charge in [0.1, 0.15) is 11.4 Å². The number of rotatable bonds is 4. The van der Waals surface area contributed by atoms with Gasteiger partial charge in [0.25, 0.3) is 5.89 Å². The Morgan fingerprint density at radius 1 is 1.32 bits per heavy atom.